The maximum absolute atomic E-state index is 5.68. The van der Waals surface area contributed by atoms with Crippen molar-refractivity contribution >= 4 is 8.32 Å². The third kappa shape index (κ3) is 6.05. The minimum Gasteiger partial charge on any atom is -0.285 e. The summed E-state index contributed by atoms with van der Waals surface area (Å²) in [6.07, 6.45) is 7.86. The van der Waals surface area contributed by atoms with Crippen molar-refractivity contribution in [3.63, 3.8) is 0 Å². The smallest absolute Gasteiger partial charge is 0.250 e. The summed E-state index contributed by atoms with van der Waals surface area (Å²) >= 11 is 0. The molecule has 0 aromatic heterocycles. The van der Waals surface area contributed by atoms with Gasteiger partial charge in [0.25, 0.3) is 0 Å². The van der Waals surface area contributed by atoms with Gasteiger partial charge >= 0.3 is 0 Å². The molecule has 0 aromatic rings. The first-order valence-corrected chi connectivity index (χ1v) is 8.41. The number of allylic oxidation sites excluding steroid dienone is 3. The highest BCUT2D eigenvalue weighted by atomic mass is 28.4. The summed E-state index contributed by atoms with van der Waals surface area (Å²) in [4.78, 5) is 5.32. The molecule has 2 nitrogen and oxygen atoms in total. The van der Waals surface area contributed by atoms with Gasteiger partial charge in [-0.05, 0) is 24.6 Å². The molecule has 0 aliphatic rings. The van der Waals surface area contributed by atoms with Crippen LogP contribution in [-0.2, 0) is 9.46 Å². The molecule has 0 fully saturated rings. The fourth-order valence-electron chi connectivity index (χ4n) is 1.51. The Labute approximate surface area is 101 Å². The van der Waals surface area contributed by atoms with Gasteiger partial charge in [-0.3, -0.25) is 4.58 Å². The Morgan fingerprint density at radius 2 is 1.50 bits per heavy atom. The highest BCUT2D eigenvalue weighted by Crippen LogP contribution is 2.24. The van der Waals surface area contributed by atoms with E-state index in [1.165, 1.54) is 0 Å². The van der Waals surface area contributed by atoms with E-state index in [-0.39, 0.29) is 0 Å². The van der Waals surface area contributed by atoms with Crippen molar-refractivity contribution < 1.29 is 9.46 Å². The molecule has 0 saturated heterocycles. The van der Waals surface area contributed by atoms with E-state index in [2.05, 4.69) is 26.7 Å². The lowest BCUT2D eigenvalue weighted by Crippen LogP contribution is -2.36. The number of rotatable bonds is 11. The Kier molecular flexibility index (Phi) is 9.19. The average Bonchev–Trinajstić information content (AvgIpc) is 2.26. The molecule has 0 radical (unpaired) electrons. The fourth-order valence-corrected chi connectivity index (χ4v) is 4.13. The van der Waals surface area contributed by atoms with Gasteiger partial charge in [0.1, 0.15) is 0 Å². The van der Waals surface area contributed by atoms with Gasteiger partial charge in [-0.2, -0.15) is 0 Å². The number of unbranched alkanes of at least 4 members (excludes halogenated alkanes) is 1. The first kappa shape index (κ1) is 15.4. The zero-order valence-corrected chi connectivity index (χ0v) is 11.4. The van der Waals surface area contributed by atoms with Crippen molar-refractivity contribution in [3.05, 3.63) is 38.0 Å². The molecule has 0 heterocycles. The van der Waals surface area contributed by atoms with E-state index >= 15 is 0 Å². The Morgan fingerprint density at radius 1 is 1.00 bits per heavy atom. The summed E-state index contributed by atoms with van der Waals surface area (Å²) in [6.45, 7) is 14.1. The second-order valence-electron chi connectivity index (χ2n) is 3.92. The van der Waals surface area contributed by atoms with Crippen LogP contribution in [0.25, 0.3) is 0 Å². The van der Waals surface area contributed by atoms with Crippen LogP contribution in [0, 0.1) is 0 Å². The van der Waals surface area contributed by atoms with Gasteiger partial charge < -0.3 is 0 Å². The summed E-state index contributed by atoms with van der Waals surface area (Å²) in [5.74, 6) is 0. The van der Waals surface area contributed by atoms with E-state index in [0.29, 0.717) is 6.61 Å². The van der Waals surface area contributed by atoms with Crippen LogP contribution in [0.3, 0.4) is 0 Å². The maximum atomic E-state index is 5.68. The molecule has 0 bridgehead atoms. The molecule has 16 heavy (non-hydrogen) atoms. The highest BCUT2D eigenvalue weighted by molar-refractivity contribution is 6.74. The lowest BCUT2D eigenvalue weighted by Gasteiger charge is -2.26. The molecule has 92 valence electrons. The van der Waals surface area contributed by atoms with E-state index in [1.807, 2.05) is 18.2 Å². The van der Waals surface area contributed by atoms with Crippen molar-refractivity contribution in [3.8, 4) is 0 Å². The van der Waals surface area contributed by atoms with Crippen LogP contribution in [0.4, 0.5) is 0 Å². The molecule has 0 rings (SSSR count). The SMILES string of the molecule is C=CC[Si](CC=C)(CC=C)OOCCCC. The lowest BCUT2D eigenvalue weighted by atomic mass is 10.4. The van der Waals surface area contributed by atoms with E-state index in [9.17, 15) is 0 Å². The van der Waals surface area contributed by atoms with Crippen LogP contribution in [0.5, 0.6) is 0 Å². The molecule has 0 aliphatic heterocycles. The molecule has 0 spiro atoms. The van der Waals surface area contributed by atoms with Gasteiger partial charge in [0.15, 0.2) is 0 Å². The molecule has 0 N–H and O–H groups in total. The van der Waals surface area contributed by atoms with Gasteiger partial charge in [0.2, 0.25) is 8.32 Å². The molecular weight excluding hydrogens is 216 g/mol. The quantitative estimate of drug-likeness (QED) is 0.177. The van der Waals surface area contributed by atoms with Crippen molar-refractivity contribution in [2.24, 2.45) is 0 Å². The van der Waals surface area contributed by atoms with Crippen LogP contribution >= 0.6 is 0 Å². The second-order valence-corrected chi connectivity index (χ2v) is 7.68. The lowest BCUT2D eigenvalue weighted by molar-refractivity contribution is -0.219. The molecule has 0 unspecified atom stereocenters. The van der Waals surface area contributed by atoms with Crippen LogP contribution in [0.2, 0.25) is 18.1 Å². The summed E-state index contributed by atoms with van der Waals surface area (Å²) in [6, 6.07) is 2.62. The van der Waals surface area contributed by atoms with Crippen molar-refractivity contribution in [1.29, 1.82) is 0 Å². The van der Waals surface area contributed by atoms with Crippen molar-refractivity contribution in [2.45, 2.75) is 37.9 Å². The maximum Gasteiger partial charge on any atom is 0.250 e. The zero-order valence-electron chi connectivity index (χ0n) is 10.4. The summed E-state index contributed by atoms with van der Waals surface area (Å²) in [5, 5.41) is 0. The van der Waals surface area contributed by atoms with Crippen molar-refractivity contribution in [1.82, 2.24) is 0 Å². The van der Waals surface area contributed by atoms with Gasteiger partial charge in [-0.25, -0.2) is 4.89 Å². The standard InChI is InChI=1S/C13H24O2Si/c1-5-9-10-14-15-16(11-6-2,12-7-3)13-8-4/h6-8H,2-5,9-13H2,1H3. The predicted octanol–water partition coefficient (Wildman–Crippen LogP) is 4.24. The molecule has 0 saturated carbocycles. The van der Waals surface area contributed by atoms with Gasteiger partial charge in [-0.1, -0.05) is 31.6 Å². The molecule has 0 aromatic carbocycles. The van der Waals surface area contributed by atoms with Crippen LogP contribution < -0.4 is 0 Å². The largest absolute Gasteiger partial charge is 0.285 e. The Morgan fingerprint density at radius 3 is 1.88 bits per heavy atom. The second kappa shape index (κ2) is 9.57. The fraction of sp³-hybridized carbons (Fsp3) is 0.538. The summed E-state index contributed by atoms with van der Waals surface area (Å²) in [5.41, 5.74) is 0. The zero-order chi connectivity index (χ0) is 12.3. The normalized spacial score (nSPS) is 11.1. The van der Waals surface area contributed by atoms with E-state index in [4.69, 9.17) is 9.46 Å². The van der Waals surface area contributed by atoms with Gasteiger partial charge in [-0.15, -0.1) is 19.7 Å². The third-order valence-corrected chi connectivity index (χ3v) is 5.94. The van der Waals surface area contributed by atoms with Gasteiger partial charge in [0, 0.05) is 0 Å². The minimum absolute atomic E-state index is 0.663. The van der Waals surface area contributed by atoms with E-state index in [0.717, 1.165) is 31.0 Å². The first-order chi connectivity index (χ1) is 7.74. The highest BCUT2D eigenvalue weighted by Gasteiger charge is 2.33. The predicted molar refractivity (Wildman–Crippen MR) is 72.7 cm³/mol. The van der Waals surface area contributed by atoms with Gasteiger partial charge in [0.05, 0.1) is 6.61 Å². The van der Waals surface area contributed by atoms with E-state index in [1.54, 1.807) is 0 Å². The molecule has 0 atom stereocenters. The molecular formula is C13H24O2Si. The average molecular weight is 240 g/mol. The molecule has 0 aliphatic carbocycles. The number of hydrogen-bond acceptors (Lipinski definition) is 2. The minimum atomic E-state index is -1.92. The summed E-state index contributed by atoms with van der Waals surface area (Å²) < 4.78 is 5.68. The van der Waals surface area contributed by atoms with E-state index < -0.39 is 8.32 Å². The molecule has 0 amide bonds. The van der Waals surface area contributed by atoms with Crippen LogP contribution in [0.15, 0.2) is 38.0 Å². The third-order valence-electron chi connectivity index (χ3n) is 2.37. The Hall–Kier alpha value is -0.643. The van der Waals surface area contributed by atoms with Crippen LogP contribution in [-0.4, -0.2) is 14.9 Å². The summed E-state index contributed by atoms with van der Waals surface area (Å²) in [7, 11) is -1.92. The monoisotopic (exact) mass is 240 g/mol. The number of hydrogen-bond donors (Lipinski definition) is 0. The first-order valence-electron chi connectivity index (χ1n) is 5.88. The Bertz CT molecular complexity index is 187. The molecule has 3 heteroatoms. The Balaban J connectivity index is 4.28. The topological polar surface area (TPSA) is 18.5 Å². The van der Waals surface area contributed by atoms with Crippen LogP contribution in [0.1, 0.15) is 19.8 Å². The van der Waals surface area contributed by atoms with Crippen molar-refractivity contribution in [2.75, 3.05) is 6.61 Å².